The normalized spacial score (nSPS) is 13.3. The summed E-state index contributed by atoms with van der Waals surface area (Å²) >= 11 is 0. The first-order valence-electron chi connectivity index (χ1n) is 11.0. The van der Waals surface area contributed by atoms with Gasteiger partial charge in [0.15, 0.2) is 0 Å². The lowest BCUT2D eigenvalue weighted by Gasteiger charge is -2.37. The number of benzene rings is 4. The first-order valence-corrected chi connectivity index (χ1v) is 11.0. The van der Waals surface area contributed by atoms with E-state index in [4.69, 9.17) is 9.07 Å². The molecule has 0 saturated heterocycles. The molecule has 0 atom stereocenters. The Labute approximate surface area is 187 Å². The molecule has 1 heterocycles. The fraction of sp³-hybridized carbons (Fsp3) is 0.214. The molecule has 4 aromatic carbocycles. The molecule has 32 heavy (non-hydrogen) atoms. The van der Waals surface area contributed by atoms with Crippen LogP contribution in [0.3, 0.4) is 0 Å². The molecule has 0 saturated carbocycles. The minimum Gasteiger partial charge on any atom is -0.456 e. The Balaban J connectivity index is 1.59. The lowest BCUT2D eigenvalue weighted by Crippen LogP contribution is -2.49. The summed E-state index contributed by atoms with van der Waals surface area (Å²) in [5, 5.41) is 15.3. The first-order chi connectivity index (χ1) is 15.3. The molecule has 1 aliphatic rings. The van der Waals surface area contributed by atoms with Gasteiger partial charge in [-0.1, -0.05) is 54.6 Å². The first kappa shape index (κ1) is 19.6. The van der Waals surface area contributed by atoms with Crippen LogP contribution in [0.15, 0.2) is 71.1 Å². The van der Waals surface area contributed by atoms with Gasteiger partial charge in [-0.05, 0) is 78.3 Å². The second-order valence-electron chi connectivity index (χ2n) is 9.70. The van der Waals surface area contributed by atoms with E-state index in [-0.39, 0.29) is 0 Å². The summed E-state index contributed by atoms with van der Waals surface area (Å²) in [6.45, 7) is 7.34. The topological polar surface area (TPSA) is 42.6 Å². The second kappa shape index (κ2) is 6.47. The average Bonchev–Trinajstić information content (AvgIpc) is 3.29. The van der Waals surface area contributed by atoms with Crippen LogP contribution >= 0.6 is 0 Å². The predicted octanol–water partition coefficient (Wildman–Crippen LogP) is 6.20. The molecule has 157 valence electrons. The van der Waals surface area contributed by atoms with Crippen molar-refractivity contribution in [2.45, 2.75) is 38.9 Å². The number of aliphatic hydroxyl groups is 1. The molecular weight excluding hydrogens is 395 g/mol. The standard InChI is InChI=1S/C28H24BO3/c1-27(2,30)28(3,4)32-29-21-13-8-11-17-16-10-7-12-19-24(16)20(25(17)21)15-23-26(19)18-9-5-6-14-22(18)31-23/h5-15,30H,1-4H3. The van der Waals surface area contributed by atoms with Gasteiger partial charge in [-0.2, -0.15) is 0 Å². The summed E-state index contributed by atoms with van der Waals surface area (Å²) in [5.74, 6) is 0. The highest BCUT2D eigenvalue weighted by Gasteiger charge is 2.36. The Hall–Kier alpha value is -3.08. The molecule has 4 heteroatoms. The zero-order chi connectivity index (χ0) is 22.3. The van der Waals surface area contributed by atoms with Gasteiger partial charge in [0.2, 0.25) is 0 Å². The molecule has 1 N–H and O–H groups in total. The van der Waals surface area contributed by atoms with Gasteiger partial charge in [0.05, 0.1) is 11.2 Å². The predicted molar refractivity (Wildman–Crippen MR) is 133 cm³/mol. The molecule has 1 aromatic heterocycles. The summed E-state index contributed by atoms with van der Waals surface area (Å²) in [6, 6.07) is 23.2. The van der Waals surface area contributed by atoms with Crippen LogP contribution in [-0.2, 0) is 4.65 Å². The van der Waals surface area contributed by atoms with Gasteiger partial charge >= 0.3 is 7.48 Å². The van der Waals surface area contributed by atoms with Crippen molar-refractivity contribution in [3.63, 3.8) is 0 Å². The van der Waals surface area contributed by atoms with Crippen LogP contribution in [0.25, 0.3) is 55.0 Å². The van der Waals surface area contributed by atoms with Crippen LogP contribution in [0.4, 0.5) is 0 Å². The minimum atomic E-state index is -0.981. The molecule has 6 rings (SSSR count). The lowest BCUT2D eigenvalue weighted by atomic mass is 9.78. The zero-order valence-electron chi connectivity index (χ0n) is 18.7. The van der Waals surface area contributed by atoms with Crippen molar-refractivity contribution in [3.8, 4) is 22.3 Å². The third-order valence-electron chi connectivity index (χ3n) is 7.11. The maximum absolute atomic E-state index is 10.5. The van der Waals surface area contributed by atoms with E-state index in [2.05, 4.69) is 54.6 Å². The van der Waals surface area contributed by atoms with E-state index in [0.29, 0.717) is 0 Å². The van der Waals surface area contributed by atoms with Crippen molar-refractivity contribution in [2.24, 2.45) is 0 Å². The smallest absolute Gasteiger partial charge is 0.331 e. The van der Waals surface area contributed by atoms with E-state index in [1.54, 1.807) is 21.3 Å². The quantitative estimate of drug-likeness (QED) is 0.346. The molecular formula is C28H24BO3. The Morgan fingerprint density at radius 2 is 1.47 bits per heavy atom. The largest absolute Gasteiger partial charge is 0.456 e. The molecule has 1 aliphatic carbocycles. The molecule has 0 amide bonds. The van der Waals surface area contributed by atoms with Crippen molar-refractivity contribution < 1.29 is 14.2 Å². The lowest BCUT2D eigenvalue weighted by molar-refractivity contribution is -0.0893. The van der Waals surface area contributed by atoms with Crippen molar-refractivity contribution >= 4 is 45.7 Å². The molecule has 0 bridgehead atoms. The summed E-state index contributed by atoms with van der Waals surface area (Å²) in [6.07, 6.45) is 0. The zero-order valence-corrected chi connectivity index (χ0v) is 18.7. The fourth-order valence-corrected chi connectivity index (χ4v) is 4.67. The van der Waals surface area contributed by atoms with Gasteiger partial charge in [-0.25, -0.2) is 0 Å². The molecule has 0 unspecified atom stereocenters. The van der Waals surface area contributed by atoms with E-state index in [0.717, 1.165) is 33.1 Å². The average molecular weight is 419 g/mol. The van der Waals surface area contributed by atoms with Gasteiger partial charge in [0.25, 0.3) is 0 Å². The molecule has 0 fully saturated rings. The minimum absolute atomic E-state index is 0.737. The van der Waals surface area contributed by atoms with Crippen molar-refractivity contribution in [1.82, 2.24) is 0 Å². The number of hydrogen-bond donors (Lipinski definition) is 1. The van der Waals surface area contributed by atoms with E-state index in [1.165, 1.54) is 27.3 Å². The highest BCUT2D eigenvalue weighted by Crippen LogP contribution is 2.50. The van der Waals surface area contributed by atoms with E-state index in [1.807, 2.05) is 26.0 Å². The van der Waals surface area contributed by atoms with Crippen LogP contribution in [0.1, 0.15) is 27.7 Å². The Morgan fingerprint density at radius 3 is 2.28 bits per heavy atom. The summed E-state index contributed by atoms with van der Waals surface area (Å²) < 4.78 is 12.4. The molecule has 0 aliphatic heterocycles. The van der Waals surface area contributed by atoms with Crippen molar-refractivity contribution in [3.05, 3.63) is 66.7 Å². The fourth-order valence-electron chi connectivity index (χ4n) is 4.67. The maximum Gasteiger partial charge on any atom is 0.331 e. The van der Waals surface area contributed by atoms with Crippen LogP contribution < -0.4 is 5.46 Å². The summed E-state index contributed by atoms with van der Waals surface area (Å²) in [4.78, 5) is 0. The molecule has 3 nitrogen and oxygen atoms in total. The monoisotopic (exact) mass is 419 g/mol. The SMILES string of the molecule is CC(C)(O)C(C)(C)O[B]c1cccc2c1-c1cc3oc4ccccc4c3c3cccc-2c13. The van der Waals surface area contributed by atoms with E-state index >= 15 is 0 Å². The number of furan rings is 1. The second-order valence-corrected chi connectivity index (χ2v) is 9.70. The molecule has 0 spiro atoms. The van der Waals surface area contributed by atoms with Crippen molar-refractivity contribution in [1.29, 1.82) is 0 Å². The molecule has 1 radical (unpaired) electrons. The Bertz CT molecular complexity index is 1540. The van der Waals surface area contributed by atoms with Gasteiger partial charge in [0.1, 0.15) is 11.2 Å². The number of fused-ring (bicyclic) bond motifs is 7. The Kier molecular flexibility index (Phi) is 3.96. The van der Waals surface area contributed by atoms with Gasteiger partial charge in [-0.3, -0.25) is 0 Å². The van der Waals surface area contributed by atoms with Crippen molar-refractivity contribution in [2.75, 3.05) is 0 Å². The van der Waals surface area contributed by atoms with Gasteiger partial charge in [-0.15, -0.1) is 0 Å². The third-order valence-corrected chi connectivity index (χ3v) is 7.11. The van der Waals surface area contributed by atoms with E-state index < -0.39 is 11.2 Å². The highest BCUT2D eigenvalue weighted by atomic mass is 16.5. The third kappa shape index (κ3) is 2.63. The number of rotatable bonds is 4. The maximum atomic E-state index is 10.5. The summed E-state index contributed by atoms with van der Waals surface area (Å²) in [7, 11) is 1.79. The molecule has 5 aromatic rings. The highest BCUT2D eigenvalue weighted by molar-refractivity contribution is 6.51. The van der Waals surface area contributed by atoms with Crippen LogP contribution in [0.2, 0.25) is 0 Å². The van der Waals surface area contributed by atoms with Crippen LogP contribution in [-0.4, -0.2) is 23.8 Å². The van der Waals surface area contributed by atoms with Crippen LogP contribution in [0, 0.1) is 0 Å². The number of para-hydroxylation sites is 1. The summed E-state index contributed by atoms with van der Waals surface area (Å²) in [5.41, 5.74) is 5.81. The van der Waals surface area contributed by atoms with Crippen LogP contribution in [0.5, 0.6) is 0 Å². The van der Waals surface area contributed by atoms with Gasteiger partial charge < -0.3 is 14.2 Å². The van der Waals surface area contributed by atoms with Gasteiger partial charge in [0, 0.05) is 10.8 Å². The number of hydrogen-bond acceptors (Lipinski definition) is 3. The Morgan fingerprint density at radius 1 is 0.750 bits per heavy atom. The van der Waals surface area contributed by atoms with E-state index in [9.17, 15) is 5.11 Å².